The SMILES string of the molecule is COc1ccc(C(C)C(=O)O)cc1OC1CCSCC1. The van der Waals surface area contributed by atoms with Crippen molar-refractivity contribution in [2.45, 2.75) is 31.8 Å². The Hall–Kier alpha value is -1.36. The van der Waals surface area contributed by atoms with Crippen molar-refractivity contribution in [2.24, 2.45) is 0 Å². The summed E-state index contributed by atoms with van der Waals surface area (Å²) in [5.74, 6) is 2.14. The van der Waals surface area contributed by atoms with E-state index in [0.717, 1.165) is 29.9 Å². The molecule has 0 radical (unpaired) electrons. The van der Waals surface area contributed by atoms with E-state index in [1.54, 1.807) is 32.2 Å². The van der Waals surface area contributed by atoms with Crippen molar-refractivity contribution >= 4 is 17.7 Å². The van der Waals surface area contributed by atoms with E-state index in [1.807, 2.05) is 11.8 Å². The number of benzene rings is 1. The van der Waals surface area contributed by atoms with Gasteiger partial charge in [-0.2, -0.15) is 11.8 Å². The molecule has 0 amide bonds. The summed E-state index contributed by atoms with van der Waals surface area (Å²) in [6.45, 7) is 1.67. The molecule has 5 heteroatoms. The van der Waals surface area contributed by atoms with Crippen LogP contribution in [0.3, 0.4) is 0 Å². The van der Waals surface area contributed by atoms with E-state index in [0.29, 0.717) is 11.5 Å². The van der Waals surface area contributed by atoms with E-state index in [4.69, 9.17) is 14.6 Å². The van der Waals surface area contributed by atoms with Gasteiger partial charge < -0.3 is 14.6 Å². The molecule has 4 nitrogen and oxygen atoms in total. The molecule has 110 valence electrons. The van der Waals surface area contributed by atoms with Gasteiger partial charge in [0.25, 0.3) is 0 Å². The molecule has 1 unspecified atom stereocenters. The monoisotopic (exact) mass is 296 g/mol. The number of carboxylic acids is 1. The Labute approximate surface area is 123 Å². The normalized spacial score (nSPS) is 17.5. The first-order valence-corrected chi connectivity index (χ1v) is 7.92. The van der Waals surface area contributed by atoms with E-state index < -0.39 is 11.9 Å². The first kappa shape index (κ1) is 15.0. The van der Waals surface area contributed by atoms with Gasteiger partial charge in [-0.3, -0.25) is 4.79 Å². The van der Waals surface area contributed by atoms with Gasteiger partial charge in [0, 0.05) is 0 Å². The lowest BCUT2D eigenvalue weighted by molar-refractivity contribution is -0.138. The number of rotatable bonds is 5. The number of hydrogen-bond acceptors (Lipinski definition) is 4. The Morgan fingerprint density at radius 3 is 2.65 bits per heavy atom. The predicted molar refractivity (Wildman–Crippen MR) is 80.0 cm³/mol. The van der Waals surface area contributed by atoms with Gasteiger partial charge in [-0.15, -0.1) is 0 Å². The predicted octanol–water partition coefficient (Wildman–Crippen LogP) is 3.16. The van der Waals surface area contributed by atoms with Crippen molar-refractivity contribution < 1.29 is 19.4 Å². The summed E-state index contributed by atoms with van der Waals surface area (Å²) in [5, 5.41) is 9.10. The van der Waals surface area contributed by atoms with Crippen molar-refractivity contribution in [1.82, 2.24) is 0 Å². The van der Waals surface area contributed by atoms with Crippen LogP contribution in [0.1, 0.15) is 31.2 Å². The first-order valence-electron chi connectivity index (χ1n) is 6.77. The summed E-state index contributed by atoms with van der Waals surface area (Å²) in [5.41, 5.74) is 0.735. The standard InChI is InChI=1S/C15H20O4S/c1-10(15(16)17)11-3-4-13(18-2)14(9-11)19-12-5-7-20-8-6-12/h3-4,9-10,12H,5-8H2,1-2H3,(H,16,17). The summed E-state index contributed by atoms with van der Waals surface area (Å²) in [4.78, 5) is 11.1. The highest BCUT2D eigenvalue weighted by Crippen LogP contribution is 2.33. The molecule has 2 rings (SSSR count). The molecule has 1 aliphatic heterocycles. The molecule has 20 heavy (non-hydrogen) atoms. The van der Waals surface area contributed by atoms with Crippen molar-refractivity contribution in [3.8, 4) is 11.5 Å². The van der Waals surface area contributed by atoms with Crippen molar-refractivity contribution in [3.63, 3.8) is 0 Å². The number of carbonyl (C=O) groups is 1. The Morgan fingerprint density at radius 2 is 2.05 bits per heavy atom. The van der Waals surface area contributed by atoms with Gasteiger partial charge in [-0.1, -0.05) is 6.07 Å². The van der Waals surface area contributed by atoms with E-state index in [9.17, 15) is 4.79 Å². The van der Waals surface area contributed by atoms with E-state index in [2.05, 4.69) is 0 Å². The minimum atomic E-state index is -0.838. The second-order valence-corrected chi connectivity index (χ2v) is 6.12. The molecular formula is C15H20O4S. The fourth-order valence-electron chi connectivity index (χ4n) is 2.17. The third kappa shape index (κ3) is 3.60. The molecule has 1 aromatic carbocycles. The molecule has 1 N–H and O–H groups in total. The van der Waals surface area contributed by atoms with Crippen LogP contribution in [0, 0.1) is 0 Å². The lowest BCUT2D eigenvalue weighted by atomic mass is 10.0. The van der Waals surface area contributed by atoms with Gasteiger partial charge in [0.1, 0.15) is 6.10 Å². The van der Waals surface area contributed by atoms with E-state index in [-0.39, 0.29) is 6.10 Å². The third-order valence-corrected chi connectivity index (χ3v) is 4.57. The summed E-state index contributed by atoms with van der Waals surface area (Å²) in [6.07, 6.45) is 2.24. The molecule has 0 bridgehead atoms. The molecule has 1 atom stereocenters. The van der Waals surface area contributed by atoms with Crippen LogP contribution in [0.15, 0.2) is 18.2 Å². The second kappa shape index (κ2) is 6.88. The lowest BCUT2D eigenvalue weighted by Gasteiger charge is -2.24. The van der Waals surface area contributed by atoms with E-state index >= 15 is 0 Å². The van der Waals surface area contributed by atoms with Crippen LogP contribution in [-0.2, 0) is 4.79 Å². The molecule has 0 aliphatic carbocycles. The van der Waals surface area contributed by atoms with E-state index in [1.165, 1.54) is 0 Å². The van der Waals surface area contributed by atoms with Crippen molar-refractivity contribution in [3.05, 3.63) is 23.8 Å². The van der Waals surface area contributed by atoms with Crippen LogP contribution in [0.4, 0.5) is 0 Å². The average Bonchev–Trinajstić information content (AvgIpc) is 2.47. The zero-order valence-corrected chi connectivity index (χ0v) is 12.6. The Balaban J connectivity index is 2.19. The quantitative estimate of drug-likeness (QED) is 0.904. The highest BCUT2D eigenvalue weighted by molar-refractivity contribution is 7.99. The number of ether oxygens (including phenoxy) is 2. The third-order valence-electron chi connectivity index (χ3n) is 3.52. The van der Waals surface area contributed by atoms with Gasteiger partial charge in [-0.25, -0.2) is 0 Å². The zero-order chi connectivity index (χ0) is 14.5. The highest BCUT2D eigenvalue weighted by Gasteiger charge is 2.20. The van der Waals surface area contributed by atoms with Crippen LogP contribution in [0.2, 0.25) is 0 Å². The fourth-order valence-corrected chi connectivity index (χ4v) is 3.23. The first-order chi connectivity index (χ1) is 9.61. The molecule has 1 aliphatic rings. The number of methoxy groups -OCH3 is 1. The smallest absolute Gasteiger partial charge is 0.310 e. The highest BCUT2D eigenvalue weighted by atomic mass is 32.2. The molecule has 1 saturated heterocycles. The molecular weight excluding hydrogens is 276 g/mol. The molecule has 1 heterocycles. The largest absolute Gasteiger partial charge is 0.493 e. The van der Waals surface area contributed by atoms with Crippen molar-refractivity contribution in [1.29, 1.82) is 0 Å². The number of thioether (sulfide) groups is 1. The zero-order valence-electron chi connectivity index (χ0n) is 11.8. The Morgan fingerprint density at radius 1 is 1.35 bits per heavy atom. The topological polar surface area (TPSA) is 55.8 Å². The number of carboxylic acid groups (broad SMARTS) is 1. The molecule has 0 aromatic heterocycles. The fraction of sp³-hybridized carbons (Fsp3) is 0.533. The summed E-state index contributed by atoms with van der Waals surface area (Å²) >= 11 is 1.94. The van der Waals surface area contributed by atoms with Crippen LogP contribution < -0.4 is 9.47 Å². The molecule has 0 saturated carbocycles. The summed E-state index contributed by atoms with van der Waals surface area (Å²) < 4.78 is 11.3. The van der Waals surface area contributed by atoms with Gasteiger partial charge in [-0.05, 0) is 49.0 Å². The number of hydrogen-bond donors (Lipinski definition) is 1. The van der Waals surface area contributed by atoms with Gasteiger partial charge >= 0.3 is 5.97 Å². The maximum Gasteiger partial charge on any atom is 0.310 e. The van der Waals surface area contributed by atoms with Crippen LogP contribution in [0.5, 0.6) is 11.5 Å². The minimum Gasteiger partial charge on any atom is -0.493 e. The van der Waals surface area contributed by atoms with Crippen LogP contribution in [0.25, 0.3) is 0 Å². The van der Waals surface area contributed by atoms with Gasteiger partial charge in [0.15, 0.2) is 11.5 Å². The Bertz CT molecular complexity index is 469. The molecule has 1 fully saturated rings. The maximum atomic E-state index is 11.1. The Kier molecular flexibility index (Phi) is 5.17. The summed E-state index contributed by atoms with van der Waals surface area (Å²) in [7, 11) is 1.60. The minimum absolute atomic E-state index is 0.195. The molecule has 1 aromatic rings. The number of aliphatic carboxylic acids is 1. The lowest BCUT2D eigenvalue weighted by Crippen LogP contribution is -2.22. The summed E-state index contributed by atoms with van der Waals surface area (Å²) in [6, 6.07) is 5.35. The van der Waals surface area contributed by atoms with Crippen LogP contribution in [-0.4, -0.2) is 35.8 Å². The average molecular weight is 296 g/mol. The molecule has 0 spiro atoms. The van der Waals surface area contributed by atoms with Gasteiger partial charge in [0.2, 0.25) is 0 Å². The second-order valence-electron chi connectivity index (χ2n) is 4.90. The van der Waals surface area contributed by atoms with Crippen LogP contribution >= 0.6 is 11.8 Å². The van der Waals surface area contributed by atoms with Gasteiger partial charge in [0.05, 0.1) is 13.0 Å². The maximum absolute atomic E-state index is 11.1. The van der Waals surface area contributed by atoms with Crippen molar-refractivity contribution in [2.75, 3.05) is 18.6 Å².